The predicted octanol–water partition coefficient (Wildman–Crippen LogP) is 4.67. The minimum absolute atomic E-state index is 0.457. The van der Waals surface area contributed by atoms with E-state index in [4.69, 9.17) is 10.3 Å². The van der Waals surface area contributed by atoms with Gasteiger partial charge in [0.1, 0.15) is 0 Å². The Labute approximate surface area is 120 Å². The SMILES string of the molecule is Cc1ccccc1-c1c(C2CCCCCC2)noc1N. The Hall–Kier alpha value is -1.77. The lowest BCUT2D eigenvalue weighted by atomic mass is 9.90. The Morgan fingerprint density at radius 1 is 1.10 bits per heavy atom. The molecule has 1 fully saturated rings. The zero-order valence-electron chi connectivity index (χ0n) is 12.1. The summed E-state index contributed by atoms with van der Waals surface area (Å²) in [6.45, 7) is 2.11. The minimum Gasteiger partial charge on any atom is -0.367 e. The molecule has 0 spiro atoms. The molecule has 1 aromatic carbocycles. The number of aryl methyl sites for hydroxylation is 1. The van der Waals surface area contributed by atoms with Gasteiger partial charge in [-0.05, 0) is 30.9 Å². The number of aromatic nitrogens is 1. The molecule has 3 heteroatoms. The molecule has 106 valence electrons. The first-order valence-electron chi connectivity index (χ1n) is 7.58. The molecule has 1 aliphatic carbocycles. The third-order valence-corrected chi connectivity index (χ3v) is 4.40. The summed E-state index contributed by atoms with van der Waals surface area (Å²) in [5, 5.41) is 4.30. The van der Waals surface area contributed by atoms with E-state index in [1.54, 1.807) is 0 Å². The van der Waals surface area contributed by atoms with E-state index in [0.717, 1.165) is 16.8 Å². The van der Waals surface area contributed by atoms with Crippen LogP contribution in [-0.4, -0.2) is 5.16 Å². The van der Waals surface area contributed by atoms with Crippen molar-refractivity contribution >= 4 is 5.88 Å². The van der Waals surface area contributed by atoms with Crippen molar-refractivity contribution in [3.63, 3.8) is 0 Å². The molecule has 2 N–H and O–H groups in total. The average molecular weight is 270 g/mol. The molecule has 1 saturated carbocycles. The molecule has 1 heterocycles. The van der Waals surface area contributed by atoms with Crippen molar-refractivity contribution in [3.05, 3.63) is 35.5 Å². The fraction of sp³-hybridized carbons (Fsp3) is 0.471. The largest absolute Gasteiger partial charge is 0.367 e. The summed E-state index contributed by atoms with van der Waals surface area (Å²) in [7, 11) is 0. The maximum absolute atomic E-state index is 6.06. The van der Waals surface area contributed by atoms with Gasteiger partial charge in [0, 0.05) is 5.92 Å². The molecule has 3 nitrogen and oxygen atoms in total. The summed E-state index contributed by atoms with van der Waals surface area (Å²) in [4.78, 5) is 0. The summed E-state index contributed by atoms with van der Waals surface area (Å²) in [6, 6.07) is 8.32. The third kappa shape index (κ3) is 2.45. The molecule has 0 amide bonds. The predicted molar refractivity (Wildman–Crippen MR) is 81.5 cm³/mol. The summed E-state index contributed by atoms with van der Waals surface area (Å²) >= 11 is 0. The monoisotopic (exact) mass is 270 g/mol. The van der Waals surface area contributed by atoms with E-state index in [9.17, 15) is 0 Å². The Kier molecular flexibility index (Phi) is 3.77. The fourth-order valence-corrected chi connectivity index (χ4v) is 3.27. The number of nitrogen functional groups attached to an aromatic ring is 1. The highest BCUT2D eigenvalue weighted by Crippen LogP contribution is 2.40. The van der Waals surface area contributed by atoms with Crippen molar-refractivity contribution in [1.29, 1.82) is 0 Å². The van der Waals surface area contributed by atoms with E-state index in [1.165, 1.54) is 44.1 Å². The first kappa shape index (κ1) is 13.2. The zero-order chi connectivity index (χ0) is 13.9. The number of benzene rings is 1. The molecular weight excluding hydrogens is 248 g/mol. The standard InChI is InChI=1S/C17H22N2O/c1-12-8-6-7-11-14(12)15-16(19-20-17(15)18)13-9-4-2-3-5-10-13/h6-8,11,13H,2-5,9-10,18H2,1H3. The third-order valence-electron chi connectivity index (χ3n) is 4.40. The van der Waals surface area contributed by atoms with E-state index >= 15 is 0 Å². The lowest BCUT2D eigenvalue weighted by Gasteiger charge is -2.13. The van der Waals surface area contributed by atoms with Gasteiger partial charge in [0.2, 0.25) is 5.88 Å². The molecule has 0 bridgehead atoms. The molecule has 0 unspecified atom stereocenters. The van der Waals surface area contributed by atoms with Gasteiger partial charge < -0.3 is 10.3 Å². The highest BCUT2D eigenvalue weighted by molar-refractivity contribution is 5.77. The van der Waals surface area contributed by atoms with Crippen molar-refractivity contribution in [2.75, 3.05) is 5.73 Å². The summed E-state index contributed by atoms with van der Waals surface area (Å²) in [6.07, 6.45) is 7.64. The van der Waals surface area contributed by atoms with Crippen LogP contribution < -0.4 is 5.73 Å². The molecule has 0 aliphatic heterocycles. The minimum atomic E-state index is 0.457. The first-order chi connectivity index (χ1) is 9.77. The number of hydrogen-bond acceptors (Lipinski definition) is 3. The molecule has 0 radical (unpaired) electrons. The van der Waals surface area contributed by atoms with E-state index in [2.05, 4.69) is 24.2 Å². The maximum Gasteiger partial charge on any atom is 0.230 e. The molecule has 3 rings (SSSR count). The second kappa shape index (κ2) is 5.70. The zero-order valence-corrected chi connectivity index (χ0v) is 12.1. The van der Waals surface area contributed by atoms with E-state index in [-0.39, 0.29) is 0 Å². The van der Waals surface area contributed by atoms with Gasteiger partial charge in [0.25, 0.3) is 0 Å². The summed E-state index contributed by atoms with van der Waals surface area (Å²) in [5.74, 6) is 0.951. The second-order valence-corrected chi connectivity index (χ2v) is 5.81. The molecule has 20 heavy (non-hydrogen) atoms. The average Bonchev–Trinajstić information content (AvgIpc) is 2.67. The van der Waals surface area contributed by atoms with Gasteiger partial charge in [-0.15, -0.1) is 0 Å². The van der Waals surface area contributed by atoms with Crippen molar-refractivity contribution in [2.24, 2.45) is 0 Å². The van der Waals surface area contributed by atoms with Gasteiger partial charge in [-0.1, -0.05) is 55.1 Å². The topological polar surface area (TPSA) is 52.0 Å². The number of nitrogens with zero attached hydrogens (tertiary/aromatic N) is 1. The molecule has 1 aromatic heterocycles. The number of nitrogens with two attached hydrogens (primary N) is 1. The second-order valence-electron chi connectivity index (χ2n) is 5.81. The van der Waals surface area contributed by atoms with Crippen LogP contribution in [0, 0.1) is 6.92 Å². The highest BCUT2D eigenvalue weighted by atomic mass is 16.5. The lowest BCUT2D eigenvalue weighted by molar-refractivity contribution is 0.413. The van der Waals surface area contributed by atoms with Crippen molar-refractivity contribution in [2.45, 2.75) is 51.4 Å². The quantitative estimate of drug-likeness (QED) is 0.807. The van der Waals surface area contributed by atoms with Crippen LogP contribution in [0.25, 0.3) is 11.1 Å². The Morgan fingerprint density at radius 3 is 2.50 bits per heavy atom. The molecule has 1 aliphatic rings. The van der Waals surface area contributed by atoms with Gasteiger partial charge in [0.15, 0.2) is 0 Å². The van der Waals surface area contributed by atoms with Gasteiger partial charge in [-0.2, -0.15) is 0 Å². The summed E-state index contributed by atoms with van der Waals surface area (Å²) < 4.78 is 5.33. The smallest absolute Gasteiger partial charge is 0.230 e. The number of anilines is 1. The molecule has 0 saturated heterocycles. The van der Waals surface area contributed by atoms with Crippen LogP contribution in [0.1, 0.15) is 55.7 Å². The van der Waals surface area contributed by atoms with Crippen LogP contribution in [-0.2, 0) is 0 Å². The van der Waals surface area contributed by atoms with E-state index in [1.807, 2.05) is 12.1 Å². The van der Waals surface area contributed by atoms with Crippen LogP contribution in [0.15, 0.2) is 28.8 Å². The van der Waals surface area contributed by atoms with E-state index in [0.29, 0.717) is 11.8 Å². The molecule has 0 atom stereocenters. The Morgan fingerprint density at radius 2 is 1.80 bits per heavy atom. The van der Waals surface area contributed by atoms with Crippen molar-refractivity contribution in [3.8, 4) is 11.1 Å². The van der Waals surface area contributed by atoms with Crippen LogP contribution in [0.2, 0.25) is 0 Å². The first-order valence-corrected chi connectivity index (χ1v) is 7.58. The van der Waals surface area contributed by atoms with E-state index < -0.39 is 0 Å². The van der Waals surface area contributed by atoms with Gasteiger partial charge in [0.05, 0.1) is 11.3 Å². The van der Waals surface area contributed by atoms with Crippen LogP contribution in [0.3, 0.4) is 0 Å². The summed E-state index contributed by atoms with van der Waals surface area (Å²) in [5.41, 5.74) is 10.5. The number of rotatable bonds is 2. The normalized spacial score (nSPS) is 17.1. The van der Waals surface area contributed by atoms with Crippen LogP contribution in [0.4, 0.5) is 5.88 Å². The molecule has 2 aromatic rings. The fourth-order valence-electron chi connectivity index (χ4n) is 3.27. The van der Waals surface area contributed by atoms with Crippen LogP contribution >= 0.6 is 0 Å². The van der Waals surface area contributed by atoms with Gasteiger partial charge in [-0.25, -0.2) is 0 Å². The van der Waals surface area contributed by atoms with Crippen LogP contribution in [0.5, 0.6) is 0 Å². The lowest BCUT2D eigenvalue weighted by Crippen LogP contribution is -2.01. The van der Waals surface area contributed by atoms with Gasteiger partial charge in [-0.3, -0.25) is 0 Å². The Bertz CT molecular complexity index is 580. The van der Waals surface area contributed by atoms with Crippen molar-refractivity contribution < 1.29 is 4.52 Å². The highest BCUT2D eigenvalue weighted by Gasteiger charge is 2.25. The van der Waals surface area contributed by atoms with Gasteiger partial charge >= 0.3 is 0 Å². The maximum atomic E-state index is 6.06. The molecular formula is C17H22N2O. The Balaban J connectivity index is 2.03. The number of hydrogen-bond donors (Lipinski definition) is 1. The van der Waals surface area contributed by atoms with Crippen molar-refractivity contribution in [1.82, 2.24) is 5.16 Å².